The zero-order chi connectivity index (χ0) is 25.6. The molecule has 0 bridgehead atoms. The number of nitrogens with zero attached hydrogens (tertiary/aromatic N) is 6. The third-order valence-corrected chi connectivity index (χ3v) is 6.10. The summed E-state index contributed by atoms with van der Waals surface area (Å²) in [6, 6.07) is 10.9. The molecule has 1 aliphatic rings. The first-order valence-corrected chi connectivity index (χ1v) is 10.9. The lowest BCUT2D eigenvalue weighted by Gasteiger charge is -2.23. The molecule has 1 amide bonds. The number of hydrogen-bond acceptors (Lipinski definition) is 6. The molecule has 11 heteroatoms. The maximum absolute atomic E-state index is 13.5. The Morgan fingerprint density at radius 3 is 2.64 bits per heavy atom. The highest BCUT2D eigenvalue weighted by atomic mass is 19.4. The molecule has 0 aliphatic carbocycles. The van der Waals surface area contributed by atoms with Gasteiger partial charge in [0.05, 0.1) is 30.8 Å². The van der Waals surface area contributed by atoms with E-state index in [1.807, 2.05) is 31.2 Å². The monoisotopic (exact) mass is 492 g/mol. The Balaban J connectivity index is 1.54. The maximum atomic E-state index is 13.5. The quantitative estimate of drug-likeness (QED) is 0.418. The number of anilines is 1. The van der Waals surface area contributed by atoms with Gasteiger partial charge in [-0.15, -0.1) is 0 Å². The number of ether oxygens (including phenoxy) is 1. The van der Waals surface area contributed by atoms with Crippen LogP contribution in [0.4, 0.5) is 19.0 Å². The molecule has 4 aromatic rings. The minimum Gasteiger partial charge on any atom is -0.372 e. The van der Waals surface area contributed by atoms with Gasteiger partial charge in [0.25, 0.3) is 5.91 Å². The van der Waals surface area contributed by atoms with Crippen LogP contribution in [0, 0.1) is 18.3 Å². The average Bonchev–Trinajstić information content (AvgIpc) is 3.49. The number of rotatable bonds is 4. The molecule has 1 aliphatic heterocycles. The molecule has 4 heterocycles. The topological polar surface area (TPSA) is 96.9 Å². The van der Waals surface area contributed by atoms with Crippen LogP contribution in [0.5, 0.6) is 0 Å². The largest absolute Gasteiger partial charge is 0.433 e. The van der Waals surface area contributed by atoms with E-state index in [2.05, 4.69) is 10.1 Å². The normalized spacial score (nSPS) is 13.0. The molecule has 0 unspecified atom stereocenters. The molecule has 0 spiro atoms. The van der Waals surface area contributed by atoms with E-state index in [9.17, 15) is 23.2 Å². The van der Waals surface area contributed by atoms with Crippen LogP contribution in [-0.2, 0) is 37.7 Å². The summed E-state index contributed by atoms with van der Waals surface area (Å²) in [6.07, 6.45) is -3.72. The van der Waals surface area contributed by atoms with Crippen molar-refractivity contribution in [2.24, 2.45) is 7.05 Å². The highest BCUT2D eigenvalue weighted by Crippen LogP contribution is 2.31. The summed E-state index contributed by atoms with van der Waals surface area (Å²) in [5.74, 6) is -0.279. The number of amides is 1. The second-order valence-electron chi connectivity index (χ2n) is 8.44. The molecule has 36 heavy (non-hydrogen) atoms. The number of nitriles is 1. The summed E-state index contributed by atoms with van der Waals surface area (Å²) in [4.78, 5) is 22.9. The minimum absolute atomic E-state index is 0.0348. The molecule has 0 saturated carbocycles. The van der Waals surface area contributed by atoms with Gasteiger partial charge in [-0.1, -0.05) is 12.1 Å². The van der Waals surface area contributed by atoms with Crippen LogP contribution in [0.15, 0.2) is 42.6 Å². The Bertz CT molecular complexity index is 1540. The van der Waals surface area contributed by atoms with Crippen molar-refractivity contribution < 1.29 is 22.7 Å². The first kappa shape index (κ1) is 23.4. The lowest BCUT2D eigenvalue weighted by Crippen LogP contribution is -2.32. The van der Waals surface area contributed by atoms with E-state index in [0.29, 0.717) is 19.0 Å². The molecule has 5 rings (SSSR count). The highest BCUT2D eigenvalue weighted by Gasteiger charge is 2.33. The Hall–Kier alpha value is -4.30. The van der Waals surface area contributed by atoms with Gasteiger partial charge in [0.1, 0.15) is 17.6 Å². The molecule has 0 radical (unpaired) electrons. The third kappa shape index (κ3) is 4.16. The second-order valence-corrected chi connectivity index (χ2v) is 8.44. The number of fused-ring (bicyclic) bond motifs is 3. The van der Waals surface area contributed by atoms with Crippen LogP contribution in [0.1, 0.15) is 44.1 Å². The van der Waals surface area contributed by atoms with Crippen LogP contribution >= 0.6 is 0 Å². The Labute approximate surface area is 203 Å². The van der Waals surface area contributed by atoms with Crippen molar-refractivity contribution in [3.8, 4) is 6.07 Å². The summed E-state index contributed by atoms with van der Waals surface area (Å²) in [7, 11) is 1.58. The predicted octanol–water partition coefficient (Wildman–Crippen LogP) is 4.44. The third-order valence-electron chi connectivity index (χ3n) is 6.10. The van der Waals surface area contributed by atoms with E-state index in [-0.39, 0.29) is 17.8 Å². The number of halogens is 3. The minimum atomic E-state index is -4.62. The number of aromatic nitrogens is 4. The van der Waals surface area contributed by atoms with Crippen LogP contribution < -0.4 is 4.90 Å². The molecule has 0 fully saturated rings. The van der Waals surface area contributed by atoms with Crippen molar-refractivity contribution >= 4 is 22.6 Å². The van der Waals surface area contributed by atoms with Crippen LogP contribution in [0.25, 0.3) is 10.9 Å². The smallest absolute Gasteiger partial charge is 0.372 e. The highest BCUT2D eigenvalue weighted by molar-refractivity contribution is 6.05. The summed E-state index contributed by atoms with van der Waals surface area (Å²) in [5, 5.41) is 14.3. The number of hydrogen-bond donors (Lipinski definition) is 0. The fourth-order valence-electron chi connectivity index (χ4n) is 4.31. The summed E-state index contributed by atoms with van der Waals surface area (Å²) >= 11 is 0. The zero-order valence-electron chi connectivity index (χ0n) is 19.3. The first-order chi connectivity index (χ1) is 17.2. The van der Waals surface area contributed by atoms with Crippen molar-refractivity contribution in [2.45, 2.75) is 32.9 Å². The van der Waals surface area contributed by atoms with E-state index in [1.165, 1.54) is 15.6 Å². The number of benzene rings is 1. The van der Waals surface area contributed by atoms with Gasteiger partial charge >= 0.3 is 6.18 Å². The van der Waals surface area contributed by atoms with Gasteiger partial charge in [-0.25, -0.2) is 0 Å². The maximum Gasteiger partial charge on any atom is 0.433 e. The lowest BCUT2D eigenvalue weighted by molar-refractivity contribution is -0.141. The number of alkyl halides is 3. The summed E-state index contributed by atoms with van der Waals surface area (Å²) in [5.41, 5.74) is 3.52. The van der Waals surface area contributed by atoms with Gasteiger partial charge in [-0.3, -0.25) is 24.3 Å². The number of carbonyl (C=O) groups is 1. The zero-order valence-corrected chi connectivity index (χ0v) is 19.3. The van der Waals surface area contributed by atoms with E-state index in [0.717, 1.165) is 51.6 Å². The summed E-state index contributed by atoms with van der Waals surface area (Å²) < 4.78 is 45.8. The van der Waals surface area contributed by atoms with Gasteiger partial charge < -0.3 is 4.74 Å². The van der Waals surface area contributed by atoms with E-state index in [1.54, 1.807) is 7.05 Å². The predicted molar refractivity (Wildman–Crippen MR) is 123 cm³/mol. The first-order valence-electron chi connectivity index (χ1n) is 10.9. The average molecular weight is 492 g/mol. The van der Waals surface area contributed by atoms with Crippen molar-refractivity contribution in [1.82, 2.24) is 19.7 Å². The number of aryl methyl sites for hydroxylation is 2. The standard InChI is InChI=1S/C25H19F3N6O2/c1-14-19-12-36-13-20(19)18-5-3-15(7-21(18)31-14)11-34(23-8-17(9-29)32-33(23)2)24(35)16-4-6-22(30-10-16)25(26,27)28/h3-8,10H,11-13H2,1-2H3. The van der Waals surface area contributed by atoms with E-state index < -0.39 is 17.8 Å². The SMILES string of the molecule is Cc1nc2cc(CN(C(=O)c3ccc(C(F)(F)F)nc3)c3cc(C#N)nn3C)ccc2c2c1COC2. The fraction of sp³-hybridized carbons (Fsp3) is 0.240. The van der Waals surface area contributed by atoms with Gasteiger partial charge in [-0.05, 0) is 36.2 Å². The fourth-order valence-corrected chi connectivity index (χ4v) is 4.31. The Morgan fingerprint density at radius 1 is 1.19 bits per heavy atom. The number of carbonyl (C=O) groups excluding carboxylic acids is 1. The van der Waals surface area contributed by atoms with Gasteiger partial charge in [0.2, 0.25) is 0 Å². The molecule has 8 nitrogen and oxygen atoms in total. The molecular weight excluding hydrogens is 473 g/mol. The summed E-state index contributed by atoms with van der Waals surface area (Å²) in [6.45, 7) is 3.02. The van der Waals surface area contributed by atoms with E-state index in [4.69, 9.17) is 9.72 Å². The second kappa shape index (κ2) is 8.73. The van der Waals surface area contributed by atoms with E-state index >= 15 is 0 Å². The molecule has 0 N–H and O–H groups in total. The Kier molecular flexibility index (Phi) is 5.68. The van der Waals surface area contributed by atoms with Crippen molar-refractivity contribution in [3.63, 3.8) is 0 Å². The van der Waals surface area contributed by atoms with Crippen LogP contribution in [-0.4, -0.2) is 25.7 Å². The van der Waals surface area contributed by atoms with Crippen LogP contribution in [0.3, 0.4) is 0 Å². The van der Waals surface area contributed by atoms with Crippen LogP contribution in [0.2, 0.25) is 0 Å². The molecular formula is C25H19F3N6O2. The van der Waals surface area contributed by atoms with Crippen molar-refractivity contribution in [2.75, 3.05) is 4.90 Å². The Morgan fingerprint density at radius 2 is 1.97 bits per heavy atom. The van der Waals surface area contributed by atoms with Gasteiger partial charge in [-0.2, -0.15) is 23.5 Å². The molecule has 1 aromatic carbocycles. The molecule has 0 atom stereocenters. The van der Waals surface area contributed by atoms with Crippen molar-refractivity contribution in [3.05, 3.63) is 81.9 Å². The molecule has 182 valence electrons. The van der Waals surface area contributed by atoms with Gasteiger partial charge in [0.15, 0.2) is 5.69 Å². The number of pyridine rings is 2. The lowest BCUT2D eigenvalue weighted by atomic mass is 10.0. The van der Waals surface area contributed by atoms with Gasteiger partial charge in [0, 0.05) is 36.0 Å². The van der Waals surface area contributed by atoms with Crippen molar-refractivity contribution in [1.29, 1.82) is 5.26 Å². The molecule has 3 aromatic heterocycles. The molecule has 0 saturated heterocycles.